The van der Waals surface area contributed by atoms with E-state index in [1.54, 1.807) is 23.3 Å². The number of imidazole rings is 1. The van der Waals surface area contributed by atoms with E-state index in [9.17, 15) is 4.79 Å². The normalized spacial score (nSPS) is 13.9. The molecular formula is C18H16N2O3. The summed E-state index contributed by atoms with van der Waals surface area (Å²) in [7, 11) is 0. The summed E-state index contributed by atoms with van der Waals surface area (Å²) in [5, 5.41) is 0. The number of hydrogen-bond donors (Lipinski definition) is 0. The van der Waals surface area contributed by atoms with Crippen molar-refractivity contribution in [3.63, 3.8) is 0 Å². The molecule has 116 valence electrons. The van der Waals surface area contributed by atoms with Gasteiger partial charge in [0.1, 0.15) is 11.5 Å². The molecule has 1 aliphatic rings. The van der Waals surface area contributed by atoms with Gasteiger partial charge in [-0.05, 0) is 30.9 Å². The highest BCUT2D eigenvalue weighted by atomic mass is 16.5. The Morgan fingerprint density at radius 1 is 1.26 bits per heavy atom. The zero-order valence-electron chi connectivity index (χ0n) is 12.5. The Bertz CT molecular complexity index is 864. The van der Waals surface area contributed by atoms with Crippen LogP contribution in [0.3, 0.4) is 0 Å². The topological polar surface area (TPSA) is 57.3 Å². The molecule has 3 aromatic rings. The molecule has 1 saturated carbocycles. The van der Waals surface area contributed by atoms with Crippen molar-refractivity contribution in [2.24, 2.45) is 5.92 Å². The Kier molecular flexibility index (Phi) is 3.46. The van der Waals surface area contributed by atoms with Gasteiger partial charge in [-0.15, -0.1) is 0 Å². The van der Waals surface area contributed by atoms with E-state index in [0.29, 0.717) is 11.7 Å². The average molecular weight is 308 g/mol. The van der Waals surface area contributed by atoms with Crippen LogP contribution < -0.4 is 10.4 Å². The first-order valence-corrected chi connectivity index (χ1v) is 7.65. The fraction of sp³-hybridized carbons (Fsp3) is 0.222. The van der Waals surface area contributed by atoms with Crippen molar-refractivity contribution in [1.29, 1.82) is 0 Å². The monoisotopic (exact) mass is 308 g/mol. The van der Waals surface area contributed by atoms with Crippen LogP contribution in [0.5, 0.6) is 5.75 Å². The summed E-state index contributed by atoms with van der Waals surface area (Å²) in [5.74, 6) is 2.00. The SMILES string of the molecule is O=c1cc(-n2ccnc2)cc(-c2cccc(OCC3CC3)c2)o1. The Labute approximate surface area is 133 Å². The quantitative estimate of drug-likeness (QED) is 0.726. The maximum absolute atomic E-state index is 11.9. The molecule has 0 radical (unpaired) electrons. The molecule has 4 rings (SSSR count). The summed E-state index contributed by atoms with van der Waals surface area (Å²) in [5.41, 5.74) is 1.14. The second-order valence-corrected chi connectivity index (χ2v) is 5.75. The van der Waals surface area contributed by atoms with Gasteiger partial charge in [0.25, 0.3) is 0 Å². The number of aromatic nitrogens is 2. The average Bonchev–Trinajstić information content (AvgIpc) is 3.24. The van der Waals surface area contributed by atoms with Gasteiger partial charge in [0.2, 0.25) is 0 Å². The summed E-state index contributed by atoms with van der Waals surface area (Å²) in [6.45, 7) is 0.752. The van der Waals surface area contributed by atoms with Gasteiger partial charge in [-0.25, -0.2) is 9.78 Å². The number of rotatable bonds is 5. The smallest absolute Gasteiger partial charge is 0.338 e. The minimum Gasteiger partial charge on any atom is -0.493 e. The Morgan fingerprint density at radius 2 is 2.17 bits per heavy atom. The minimum atomic E-state index is -0.393. The van der Waals surface area contributed by atoms with Gasteiger partial charge in [-0.3, -0.25) is 0 Å². The van der Waals surface area contributed by atoms with Crippen molar-refractivity contribution in [3.05, 3.63) is 65.5 Å². The third kappa shape index (κ3) is 3.18. The standard InChI is InChI=1S/C18H16N2O3/c21-18-10-15(20-7-6-19-12-20)9-17(23-18)14-2-1-3-16(8-14)22-11-13-4-5-13/h1-3,6-10,12-13H,4-5,11H2. The van der Waals surface area contributed by atoms with Crippen LogP contribution in [0, 0.1) is 5.92 Å². The highest BCUT2D eigenvalue weighted by Crippen LogP contribution is 2.30. The Morgan fingerprint density at radius 3 is 2.96 bits per heavy atom. The number of hydrogen-bond acceptors (Lipinski definition) is 4. The minimum absolute atomic E-state index is 0.393. The summed E-state index contributed by atoms with van der Waals surface area (Å²) < 4.78 is 12.9. The van der Waals surface area contributed by atoms with Gasteiger partial charge in [0.15, 0.2) is 0 Å². The first-order chi connectivity index (χ1) is 11.3. The molecule has 0 amide bonds. The lowest BCUT2D eigenvalue weighted by molar-refractivity contribution is 0.300. The zero-order valence-corrected chi connectivity index (χ0v) is 12.5. The first-order valence-electron chi connectivity index (χ1n) is 7.65. The van der Waals surface area contributed by atoms with Crippen molar-refractivity contribution in [3.8, 4) is 22.8 Å². The third-order valence-corrected chi connectivity index (χ3v) is 3.86. The lowest BCUT2D eigenvalue weighted by Crippen LogP contribution is -2.02. The van der Waals surface area contributed by atoms with Crippen LogP contribution in [0.4, 0.5) is 0 Å². The maximum Gasteiger partial charge on any atom is 0.338 e. The Balaban J connectivity index is 1.66. The third-order valence-electron chi connectivity index (χ3n) is 3.86. The zero-order chi connectivity index (χ0) is 15.6. The van der Waals surface area contributed by atoms with Gasteiger partial charge < -0.3 is 13.7 Å². The summed E-state index contributed by atoms with van der Waals surface area (Å²) in [6, 6.07) is 10.9. The fourth-order valence-electron chi connectivity index (χ4n) is 2.40. The van der Waals surface area contributed by atoms with Crippen LogP contribution in [-0.4, -0.2) is 16.2 Å². The predicted molar refractivity (Wildman–Crippen MR) is 85.8 cm³/mol. The lowest BCUT2D eigenvalue weighted by atomic mass is 10.1. The predicted octanol–water partition coefficient (Wildman–Crippen LogP) is 3.28. The molecule has 23 heavy (non-hydrogen) atoms. The second kappa shape index (κ2) is 5.76. The second-order valence-electron chi connectivity index (χ2n) is 5.75. The van der Waals surface area contributed by atoms with E-state index in [0.717, 1.165) is 23.6 Å². The van der Waals surface area contributed by atoms with E-state index < -0.39 is 5.63 Å². The molecule has 0 aliphatic heterocycles. The molecule has 1 aliphatic carbocycles. The molecule has 1 fully saturated rings. The highest BCUT2D eigenvalue weighted by Gasteiger charge is 2.21. The summed E-state index contributed by atoms with van der Waals surface area (Å²) >= 11 is 0. The van der Waals surface area contributed by atoms with E-state index >= 15 is 0 Å². The van der Waals surface area contributed by atoms with Gasteiger partial charge in [0, 0.05) is 30.1 Å². The molecule has 5 heteroatoms. The van der Waals surface area contributed by atoms with Crippen LogP contribution in [0.1, 0.15) is 12.8 Å². The molecular weight excluding hydrogens is 292 g/mol. The van der Waals surface area contributed by atoms with Crippen molar-refractivity contribution < 1.29 is 9.15 Å². The van der Waals surface area contributed by atoms with Crippen molar-refractivity contribution in [2.75, 3.05) is 6.61 Å². The van der Waals surface area contributed by atoms with Crippen molar-refractivity contribution in [2.45, 2.75) is 12.8 Å². The van der Waals surface area contributed by atoms with Crippen molar-refractivity contribution >= 4 is 0 Å². The van der Waals surface area contributed by atoms with E-state index in [1.165, 1.54) is 18.9 Å². The first kappa shape index (κ1) is 13.8. The van der Waals surface area contributed by atoms with Crippen molar-refractivity contribution in [1.82, 2.24) is 9.55 Å². The van der Waals surface area contributed by atoms with Gasteiger partial charge in [-0.1, -0.05) is 12.1 Å². The van der Waals surface area contributed by atoms with E-state index in [2.05, 4.69) is 4.98 Å². The van der Waals surface area contributed by atoms with Crippen LogP contribution in [0.25, 0.3) is 17.0 Å². The maximum atomic E-state index is 11.9. The summed E-state index contributed by atoms with van der Waals surface area (Å²) in [4.78, 5) is 15.9. The lowest BCUT2D eigenvalue weighted by Gasteiger charge is -2.08. The van der Waals surface area contributed by atoms with E-state index in [4.69, 9.17) is 9.15 Å². The highest BCUT2D eigenvalue weighted by molar-refractivity contribution is 5.61. The number of ether oxygens (including phenoxy) is 1. The van der Waals surface area contributed by atoms with Crippen LogP contribution in [0.15, 0.2) is 64.3 Å². The summed E-state index contributed by atoms with van der Waals surface area (Å²) in [6.07, 6.45) is 7.60. The molecule has 0 bridgehead atoms. The molecule has 2 aromatic heterocycles. The molecule has 0 spiro atoms. The molecule has 0 N–H and O–H groups in total. The van der Waals surface area contributed by atoms with E-state index in [-0.39, 0.29) is 0 Å². The Hall–Kier alpha value is -2.82. The van der Waals surface area contributed by atoms with Gasteiger partial charge in [0.05, 0.1) is 18.6 Å². The van der Waals surface area contributed by atoms with Crippen LogP contribution in [-0.2, 0) is 0 Å². The molecule has 0 unspecified atom stereocenters. The van der Waals surface area contributed by atoms with Crippen LogP contribution in [0.2, 0.25) is 0 Å². The molecule has 1 aromatic carbocycles. The molecule has 5 nitrogen and oxygen atoms in total. The number of nitrogens with zero attached hydrogens (tertiary/aromatic N) is 2. The molecule has 0 saturated heterocycles. The fourth-order valence-corrected chi connectivity index (χ4v) is 2.40. The van der Waals surface area contributed by atoms with Crippen LogP contribution >= 0.6 is 0 Å². The molecule has 0 atom stereocenters. The number of benzene rings is 1. The largest absolute Gasteiger partial charge is 0.493 e. The van der Waals surface area contributed by atoms with Gasteiger partial charge >= 0.3 is 5.63 Å². The molecule has 2 heterocycles. The van der Waals surface area contributed by atoms with Gasteiger partial charge in [-0.2, -0.15) is 0 Å². The van der Waals surface area contributed by atoms with E-state index in [1.807, 2.05) is 30.3 Å².